The first-order chi connectivity index (χ1) is 22.1. The van der Waals surface area contributed by atoms with Gasteiger partial charge in [0.05, 0.1) is 5.41 Å². The maximum Gasteiger partial charge on any atom is 0.0725 e. The van der Waals surface area contributed by atoms with Gasteiger partial charge in [-0.2, -0.15) is 0 Å². The fraction of sp³-hybridized carbons (Fsp3) is 0.111. The van der Waals surface area contributed by atoms with Crippen molar-refractivity contribution in [3.63, 3.8) is 0 Å². The summed E-state index contributed by atoms with van der Waals surface area (Å²) in [6.45, 7) is 6.83. The first kappa shape index (κ1) is 26.2. The highest BCUT2D eigenvalue weighted by Gasteiger charge is 2.51. The van der Waals surface area contributed by atoms with Gasteiger partial charge in [0, 0.05) is 0 Å². The molecule has 0 fully saturated rings. The zero-order chi connectivity index (χ0) is 30.3. The van der Waals surface area contributed by atoms with E-state index in [2.05, 4.69) is 166 Å². The van der Waals surface area contributed by atoms with Crippen LogP contribution in [0.15, 0.2) is 146 Å². The fourth-order valence-electron chi connectivity index (χ4n) is 8.44. The Morgan fingerprint density at radius 2 is 1.02 bits per heavy atom. The molecule has 2 aliphatic carbocycles. The summed E-state index contributed by atoms with van der Waals surface area (Å²) in [5, 5.41) is 2.56. The summed E-state index contributed by atoms with van der Waals surface area (Å²) in [4.78, 5) is 0. The van der Waals surface area contributed by atoms with Gasteiger partial charge in [-0.05, 0) is 108 Å². The van der Waals surface area contributed by atoms with Crippen molar-refractivity contribution >= 4 is 10.8 Å². The van der Waals surface area contributed by atoms with E-state index >= 15 is 0 Å². The standard InChI is InChI=1S/C45H34/c1-28(2)30-20-22-32(23-21-30)44-34-13-5-4-12-31(34)24-25-35(44)33-26-29(3)43-38-16-8-11-19-41(38)45(42(43)27-33)39-17-9-6-14-36(39)37-15-7-10-18-40(37)45/h4-28H,1-3H3. The number of hydrogen-bond donors (Lipinski definition) is 0. The molecule has 0 heteroatoms. The molecule has 0 atom stereocenters. The summed E-state index contributed by atoms with van der Waals surface area (Å²) in [7, 11) is 0. The van der Waals surface area contributed by atoms with Gasteiger partial charge in [0.1, 0.15) is 0 Å². The molecule has 7 aromatic carbocycles. The predicted molar refractivity (Wildman–Crippen MR) is 190 cm³/mol. The smallest absolute Gasteiger partial charge is 0.0619 e. The van der Waals surface area contributed by atoms with Crippen LogP contribution in [0.2, 0.25) is 0 Å². The second-order valence-electron chi connectivity index (χ2n) is 13.1. The maximum atomic E-state index is 2.53. The van der Waals surface area contributed by atoms with Gasteiger partial charge < -0.3 is 0 Å². The first-order valence-corrected chi connectivity index (χ1v) is 16.1. The SMILES string of the molecule is Cc1cc(-c2ccc3ccccc3c2-c2ccc(C(C)C)cc2)cc2c1-c1ccccc1C21c2ccccc2-c2ccccc21. The van der Waals surface area contributed by atoms with Crippen LogP contribution < -0.4 is 0 Å². The molecule has 0 amide bonds. The lowest BCUT2D eigenvalue weighted by molar-refractivity contribution is 0.793. The molecule has 45 heavy (non-hydrogen) atoms. The Bertz CT molecular complexity index is 2250. The van der Waals surface area contributed by atoms with Gasteiger partial charge >= 0.3 is 0 Å². The molecular formula is C45H34. The van der Waals surface area contributed by atoms with Crippen molar-refractivity contribution in [1.29, 1.82) is 0 Å². The molecular weight excluding hydrogens is 540 g/mol. The third kappa shape index (κ3) is 3.54. The van der Waals surface area contributed by atoms with Crippen molar-refractivity contribution in [1.82, 2.24) is 0 Å². The Labute approximate surface area is 265 Å². The molecule has 0 saturated carbocycles. The zero-order valence-corrected chi connectivity index (χ0v) is 25.9. The number of fused-ring (bicyclic) bond motifs is 11. The number of benzene rings is 7. The summed E-state index contributed by atoms with van der Waals surface area (Å²) in [5.41, 5.74) is 18.4. The Kier molecular flexibility index (Phi) is 5.62. The molecule has 7 aromatic rings. The second kappa shape index (κ2) is 9.65. The maximum absolute atomic E-state index is 2.53. The lowest BCUT2D eigenvalue weighted by Gasteiger charge is -2.31. The van der Waals surface area contributed by atoms with Crippen molar-refractivity contribution in [2.45, 2.75) is 32.1 Å². The van der Waals surface area contributed by atoms with Crippen LogP contribution in [0.4, 0.5) is 0 Å². The average molecular weight is 575 g/mol. The highest BCUT2D eigenvalue weighted by Crippen LogP contribution is 2.63. The highest BCUT2D eigenvalue weighted by molar-refractivity contribution is 6.05. The molecule has 0 unspecified atom stereocenters. The topological polar surface area (TPSA) is 0 Å². The normalized spacial score (nSPS) is 13.6. The zero-order valence-electron chi connectivity index (χ0n) is 25.9. The second-order valence-corrected chi connectivity index (χ2v) is 13.1. The minimum absolute atomic E-state index is 0.351. The minimum atomic E-state index is -0.351. The molecule has 0 bridgehead atoms. The molecule has 2 aliphatic rings. The van der Waals surface area contributed by atoms with Crippen LogP contribution in [-0.4, -0.2) is 0 Å². The quantitative estimate of drug-likeness (QED) is 0.197. The summed E-state index contributed by atoms with van der Waals surface area (Å²) >= 11 is 0. The average Bonchev–Trinajstić information content (AvgIpc) is 3.55. The molecule has 0 radical (unpaired) electrons. The summed E-state index contributed by atoms with van der Waals surface area (Å²) in [5.74, 6) is 0.500. The molecule has 0 saturated heterocycles. The van der Waals surface area contributed by atoms with E-state index < -0.39 is 0 Å². The summed E-state index contributed by atoms with van der Waals surface area (Å²) in [6, 6.07) is 54.9. The third-order valence-electron chi connectivity index (χ3n) is 10.4. The van der Waals surface area contributed by atoms with Gasteiger partial charge in [-0.15, -0.1) is 0 Å². The van der Waals surface area contributed by atoms with Gasteiger partial charge in [0.15, 0.2) is 0 Å². The number of aryl methyl sites for hydroxylation is 1. The third-order valence-corrected chi connectivity index (χ3v) is 10.4. The van der Waals surface area contributed by atoms with Crippen LogP contribution >= 0.6 is 0 Å². The van der Waals surface area contributed by atoms with Crippen LogP contribution in [0.3, 0.4) is 0 Å². The van der Waals surface area contributed by atoms with E-state index in [1.807, 2.05) is 0 Å². The van der Waals surface area contributed by atoms with E-state index in [0.717, 1.165) is 0 Å². The van der Waals surface area contributed by atoms with E-state index in [-0.39, 0.29) is 5.41 Å². The van der Waals surface area contributed by atoms with Gasteiger partial charge in [0.25, 0.3) is 0 Å². The Morgan fingerprint density at radius 1 is 0.444 bits per heavy atom. The molecule has 214 valence electrons. The van der Waals surface area contributed by atoms with Crippen LogP contribution in [0, 0.1) is 6.92 Å². The fourth-order valence-corrected chi connectivity index (χ4v) is 8.44. The van der Waals surface area contributed by atoms with Crippen LogP contribution in [-0.2, 0) is 5.41 Å². The summed E-state index contributed by atoms with van der Waals surface area (Å²) in [6.07, 6.45) is 0. The Morgan fingerprint density at radius 3 is 1.69 bits per heavy atom. The molecule has 0 aliphatic heterocycles. The van der Waals surface area contributed by atoms with Crippen LogP contribution in [0.1, 0.15) is 53.1 Å². The highest BCUT2D eigenvalue weighted by atomic mass is 14.5. The van der Waals surface area contributed by atoms with Crippen molar-refractivity contribution in [2.75, 3.05) is 0 Å². The number of hydrogen-bond acceptors (Lipinski definition) is 0. The number of rotatable bonds is 3. The van der Waals surface area contributed by atoms with Gasteiger partial charge in [0.2, 0.25) is 0 Å². The van der Waals surface area contributed by atoms with Gasteiger partial charge in [-0.1, -0.05) is 153 Å². The predicted octanol–water partition coefficient (Wildman–Crippen LogP) is 11.9. The molecule has 0 aromatic heterocycles. The van der Waals surface area contributed by atoms with Crippen molar-refractivity contribution in [3.8, 4) is 44.5 Å². The van der Waals surface area contributed by atoms with Gasteiger partial charge in [-0.3, -0.25) is 0 Å². The van der Waals surface area contributed by atoms with Crippen molar-refractivity contribution in [3.05, 3.63) is 179 Å². The molecule has 0 heterocycles. The molecule has 1 spiro atoms. The monoisotopic (exact) mass is 574 g/mol. The molecule has 0 nitrogen and oxygen atoms in total. The van der Waals surface area contributed by atoms with E-state index in [4.69, 9.17) is 0 Å². The van der Waals surface area contributed by atoms with E-state index in [0.29, 0.717) is 5.92 Å². The Balaban J connectivity index is 1.37. The first-order valence-electron chi connectivity index (χ1n) is 16.1. The lowest BCUT2D eigenvalue weighted by atomic mass is 9.70. The molecule has 9 rings (SSSR count). The van der Waals surface area contributed by atoms with E-state index in [9.17, 15) is 0 Å². The van der Waals surface area contributed by atoms with Crippen molar-refractivity contribution < 1.29 is 0 Å². The van der Waals surface area contributed by atoms with E-state index in [1.54, 1.807) is 0 Å². The Hall–Kier alpha value is -5.20. The lowest BCUT2D eigenvalue weighted by Crippen LogP contribution is -2.26. The molecule has 0 N–H and O–H groups in total. The van der Waals surface area contributed by atoms with Crippen LogP contribution in [0.5, 0.6) is 0 Å². The van der Waals surface area contributed by atoms with Crippen molar-refractivity contribution in [2.24, 2.45) is 0 Å². The van der Waals surface area contributed by atoms with Gasteiger partial charge in [-0.25, -0.2) is 0 Å². The van der Waals surface area contributed by atoms with Crippen LogP contribution in [0.25, 0.3) is 55.3 Å². The minimum Gasteiger partial charge on any atom is -0.0619 e. The van der Waals surface area contributed by atoms with E-state index in [1.165, 1.54) is 88.7 Å². The largest absolute Gasteiger partial charge is 0.0725 e. The summed E-state index contributed by atoms with van der Waals surface area (Å²) < 4.78 is 0.